The lowest BCUT2D eigenvalue weighted by atomic mass is 10.1. The van der Waals surface area contributed by atoms with Crippen LogP contribution in [0.15, 0.2) is 97.1 Å². The number of carboxylic acids is 1. The maximum Gasteiger partial charge on any atom is 0.339 e. The van der Waals surface area contributed by atoms with Crippen LogP contribution < -0.4 is 28.4 Å². The van der Waals surface area contributed by atoms with Gasteiger partial charge in [-0.25, -0.2) is 4.79 Å². The second kappa shape index (κ2) is 54.4. The number of esters is 2. The van der Waals surface area contributed by atoms with E-state index in [0.717, 1.165) is 30.6 Å². The molecule has 0 heterocycles. The molecule has 0 aromatic heterocycles. The van der Waals surface area contributed by atoms with E-state index in [2.05, 4.69) is 111 Å². The third-order valence-corrected chi connectivity index (χ3v) is 9.71. The summed E-state index contributed by atoms with van der Waals surface area (Å²) in [7, 11) is 11.4. The van der Waals surface area contributed by atoms with Crippen LogP contribution in [0.4, 0.5) is 0 Å². The maximum atomic E-state index is 11.4. The summed E-state index contributed by atoms with van der Waals surface area (Å²) in [5.41, 5.74) is 0.632. The molecule has 4 rings (SSSR count). The largest absolute Gasteiger partial charge is 0.497 e. The van der Waals surface area contributed by atoms with E-state index in [9.17, 15) is 19.2 Å². The smallest absolute Gasteiger partial charge is 0.339 e. The van der Waals surface area contributed by atoms with Crippen molar-refractivity contribution >= 4 is 24.2 Å². The van der Waals surface area contributed by atoms with Crippen molar-refractivity contribution in [3.8, 4) is 131 Å². The Labute approximate surface area is 514 Å². The number of ether oxygens (including phenoxy) is 12. The Hall–Kier alpha value is -10.8. The molecule has 0 radical (unpaired) electrons. The van der Waals surface area contributed by atoms with Crippen molar-refractivity contribution in [3.63, 3.8) is 0 Å². The molecule has 2 atom stereocenters. The molecule has 19 nitrogen and oxygen atoms in total. The number of para-hydroxylation sites is 1. The Morgan fingerprint density at radius 3 is 1.49 bits per heavy atom. The quantitative estimate of drug-likeness (QED) is 0.0305. The Balaban J connectivity index is 0. The Morgan fingerprint density at radius 1 is 0.552 bits per heavy atom. The van der Waals surface area contributed by atoms with Crippen LogP contribution in [0.25, 0.3) is 0 Å². The van der Waals surface area contributed by atoms with Gasteiger partial charge in [-0.2, -0.15) is 0 Å². The molecular formula is C68H78N2O17. The first-order valence-corrected chi connectivity index (χ1v) is 26.6. The van der Waals surface area contributed by atoms with Crippen LogP contribution in [0.2, 0.25) is 0 Å². The molecule has 87 heavy (non-hydrogen) atoms. The van der Waals surface area contributed by atoms with Crippen molar-refractivity contribution in [3.05, 3.63) is 108 Å². The highest BCUT2D eigenvalue weighted by atomic mass is 16.5. The van der Waals surface area contributed by atoms with Crippen LogP contribution in [0.5, 0.6) is 34.5 Å². The molecule has 0 bridgehead atoms. The lowest BCUT2D eigenvalue weighted by Gasteiger charge is -2.09. The van der Waals surface area contributed by atoms with Gasteiger partial charge in [0.1, 0.15) is 72.1 Å². The van der Waals surface area contributed by atoms with Gasteiger partial charge in [0.15, 0.2) is 30.2 Å². The second-order valence-electron chi connectivity index (χ2n) is 16.3. The summed E-state index contributed by atoms with van der Waals surface area (Å²) < 4.78 is 59.0. The zero-order chi connectivity index (χ0) is 65.1. The first-order chi connectivity index (χ1) is 42.1. The van der Waals surface area contributed by atoms with Gasteiger partial charge in [0.05, 0.1) is 53.5 Å². The molecular weight excluding hydrogens is 1120 g/mol. The maximum absolute atomic E-state index is 11.4. The minimum absolute atomic E-state index is 0.0509. The zero-order valence-electron chi connectivity index (χ0n) is 52.0. The minimum Gasteiger partial charge on any atom is -0.497 e. The molecule has 0 saturated heterocycles. The van der Waals surface area contributed by atoms with Gasteiger partial charge < -0.3 is 61.9 Å². The highest BCUT2D eigenvalue weighted by molar-refractivity contribution is 5.90. The van der Waals surface area contributed by atoms with Crippen molar-refractivity contribution in [1.29, 1.82) is 0 Å². The van der Waals surface area contributed by atoms with Gasteiger partial charge in [-0.05, 0) is 119 Å². The molecule has 0 aliphatic rings. The van der Waals surface area contributed by atoms with Crippen molar-refractivity contribution < 1.29 is 81.1 Å². The van der Waals surface area contributed by atoms with Crippen LogP contribution in [0.3, 0.4) is 0 Å². The fraction of sp³-hybridized carbons (Fsp3) is 0.353. The van der Waals surface area contributed by atoms with Crippen molar-refractivity contribution in [2.45, 2.75) is 86.7 Å². The summed E-state index contributed by atoms with van der Waals surface area (Å²) in [6.07, 6.45) is 20.1. The van der Waals surface area contributed by atoms with E-state index >= 15 is 0 Å². The number of aromatic carboxylic acids is 1. The summed E-state index contributed by atoms with van der Waals surface area (Å²) in [6.45, 7) is 14.0. The first kappa shape index (κ1) is 78.3. The monoisotopic (exact) mass is 1190 g/mol. The lowest BCUT2D eigenvalue weighted by Crippen LogP contribution is -2.14. The van der Waals surface area contributed by atoms with Gasteiger partial charge in [-0.3, -0.25) is 24.2 Å². The molecule has 19 heteroatoms. The summed E-state index contributed by atoms with van der Waals surface area (Å²) in [5.74, 6) is 15.3. The van der Waals surface area contributed by atoms with Gasteiger partial charge >= 0.3 is 17.9 Å². The van der Waals surface area contributed by atoms with E-state index < -0.39 is 5.97 Å². The van der Waals surface area contributed by atoms with Crippen molar-refractivity contribution in [1.82, 2.24) is 9.80 Å². The van der Waals surface area contributed by atoms with Crippen LogP contribution in [0, 0.1) is 102 Å². The minimum atomic E-state index is -1.07. The average Bonchev–Trinajstić information content (AvgIpc) is 3.63. The van der Waals surface area contributed by atoms with E-state index in [1.165, 1.54) is 26.4 Å². The van der Waals surface area contributed by atoms with Crippen molar-refractivity contribution in [2.75, 3.05) is 69.5 Å². The molecule has 0 aliphatic heterocycles. The fourth-order valence-electron chi connectivity index (χ4n) is 5.02. The van der Waals surface area contributed by atoms with E-state index in [-0.39, 0.29) is 48.3 Å². The standard InChI is InChI=1S/C16H18O5.C16H14O4.C16H18O4.C10H12N2.C6H10O3.C4H6O/c1-3-12(2)16(19)21-11-7-6-10-20-14-9-5-4-8-13(14)15(17)18;1-17-13-3-7-15(8-4-13)19-11-12-20-16-9-5-14(18-2)6-10-16;1-3-13(2)20-16(18)6-4-5-11-19-15-9-7-14(12-17)8-10-15;1-5-7-11(3)9-10-12(4)8-6-2;1-7-3-5-9-6-4-8-2;1-3-4-5-2/h4-5,8-9,12H,3,7,11H2,1-2H3,(H,17,18);3-10H,1-2H3;7-10,12-13H,3-4,6H2,1-2H3;1-4H3;3,5H2,1-2H3;1-2H3. The Morgan fingerprint density at radius 2 is 1.05 bits per heavy atom. The Bertz CT molecular complexity index is 3020. The number of aldehydes is 1. The molecule has 0 amide bonds. The van der Waals surface area contributed by atoms with E-state index in [0.29, 0.717) is 48.9 Å². The average molecular weight is 1200 g/mol. The number of carbonyl (C=O) groups is 4. The van der Waals surface area contributed by atoms with E-state index in [1.54, 1.807) is 158 Å². The molecule has 0 saturated carbocycles. The van der Waals surface area contributed by atoms with Crippen molar-refractivity contribution in [2.24, 2.45) is 5.92 Å². The fourth-order valence-corrected chi connectivity index (χ4v) is 5.02. The number of rotatable bonds is 19. The van der Waals surface area contributed by atoms with E-state index in [1.807, 2.05) is 20.8 Å². The highest BCUT2D eigenvalue weighted by Gasteiger charge is 2.11. The lowest BCUT2D eigenvalue weighted by molar-refractivity contribution is -0.148. The molecule has 0 fully saturated rings. The van der Waals surface area contributed by atoms with Gasteiger partial charge in [0.2, 0.25) is 0 Å². The number of carbonyl (C=O) groups excluding carboxylic acids is 3. The first-order valence-electron chi connectivity index (χ1n) is 26.6. The van der Waals surface area contributed by atoms with Gasteiger partial charge in [0, 0.05) is 70.7 Å². The topological polar surface area (TPSA) is 206 Å². The van der Waals surface area contributed by atoms with Crippen LogP contribution in [-0.2, 0) is 38.0 Å². The summed E-state index contributed by atoms with van der Waals surface area (Å²) >= 11 is 0. The Kier molecular flexibility index (Phi) is 49.0. The third-order valence-electron chi connectivity index (χ3n) is 9.71. The molecule has 4 aromatic carbocycles. The van der Waals surface area contributed by atoms with Gasteiger partial charge in [-0.1, -0.05) is 62.5 Å². The van der Waals surface area contributed by atoms with Crippen LogP contribution in [0.1, 0.15) is 101 Å². The highest BCUT2D eigenvalue weighted by Crippen LogP contribution is 2.19. The number of hydrogen-bond acceptors (Lipinski definition) is 18. The van der Waals surface area contributed by atoms with Crippen LogP contribution >= 0.6 is 0 Å². The van der Waals surface area contributed by atoms with Gasteiger partial charge in [-0.15, -0.1) is 0 Å². The normalized spacial score (nSPS) is 9.08. The number of benzene rings is 4. The molecule has 462 valence electrons. The summed E-state index contributed by atoms with van der Waals surface area (Å²) in [6, 6.07) is 38.2. The molecule has 0 aliphatic carbocycles. The predicted octanol–water partition coefficient (Wildman–Crippen LogP) is 10.3. The van der Waals surface area contributed by atoms with Crippen LogP contribution in [-0.4, -0.2) is 115 Å². The molecule has 1 N–H and O–H groups in total. The molecule has 2 unspecified atom stereocenters. The SMILES string of the molecule is CC#CN(C)C#CN(C)C#CC.CC#COC.CCC(C)C(=O)OCCC#COc1ccccc1C(=O)O.CCC(C)OC(=O)CCC#COc1ccc(C=O)cc1.COC#COCCOC.COc1ccc(OC#COc2ccc(OC)cc2)cc1. The predicted molar refractivity (Wildman–Crippen MR) is 330 cm³/mol. The zero-order valence-corrected chi connectivity index (χ0v) is 52.0. The second-order valence-corrected chi connectivity index (χ2v) is 16.3. The molecule has 4 aromatic rings. The number of hydrogen-bond donors (Lipinski definition) is 1. The van der Waals surface area contributed by atoms with Gasteiger partial charge in [0.25, 0.3) is 0 Å². The van der Waals surface area contributed by atoms with E-state index in [4.69, 9.17) is 47.7 Å². The summed E-state index contributed by atoms with van der Waals surface area (Å²) in [5, 5.41) is 8.96. The summed E-state index contributed by atoms with van der Waals surface area (Å²) in [4.78, 5) is 47.3. The number of carboxylic acid groups (broad SMARTS) is 1. The molecule has 0 spiro atoms. The third kappa shape index (κ3) is 44.5. The number of methoxy groups -OCH3 is 5. The number of nitrogens with zero attached hydrogens (tertiary/aromatic N) is 2.